The Labute approximate surface area is 118 Å². The third-order valence-electron chi connectivity index (χ3n) is 3.32. The van der Waals surface area contributed by atoms with Crippen LogP contribution < -0.4 is 5.32 Å². The zero-order valence-corrected chi connectivity index (χ0v) is 11.7. The maximum Gasteiger partial charge on any atom is 0.224 e. The van der Waals surface area contributed by atoms with E-state index in [0.717, 1.165) is 31.4 Å². The molecule has 0 aliphatic heterocycles. The molecule has 4 heteroatoms. The fraction of sp³-hybridized carbons (Fsp3) is 0.500. The summed E-state index contributed by atoms with van der Waals surface area (Å²) < 4.78 is 0. The molecule has 1 aromatic carbocycles. The first-order chi connectivity index (χ1) is 8.63. The fourth-order valence-corrected chi connectivity index (χ4v) is 2.94. The van der Waals surface area contributed by atoms with E-state index >= 15 is 0 Å². The second kappa shape index (κ2) is 6.44. The van der Waals surface area contributed by atoms with Crippen molar-refractivity contribution in [2.24, 2.45) is 5.92 Å². The molecule has 1 fully saturated rings. The molecule has 0 aromatic heterocycles. The van der Waals surface area contributed by atoms with Crippen LogP contribution in [0, 0.1) is 5.92 Å². The monoisotopic (exact) mass is 285 g/mol. The van der Waals surface area contributed by atoms with Gasteiger partial charge < -0.3 is 5.32 Å². The zero-order valence-electron chi connectivity index (χ0n) is 10.2. The SMILES string of the molecule is O=C(Cc1cccc(Cl)c1)NCC1CCC(Cl)C1. The van der Waals surface area contributed by atoms with Gasteiger partial charge in [-0.3, -0.25) is 4.79 Å². The molecule has 2 atom stereocenters. The molecular formula is C14H17Cl2NO. The number of nitrogens with one attached hydrogen (secondary N) is 1. The van der Waals surface area contributed by atoms with Crippen LogP contribution in [0.5, 0.6) is 0 Å². The van der Waals surface area contributed by atoms with E-state index in [1.165, 1.54) is 0 Å². The van der Waals surface area contributed by atoms with Crippen molar-refractivity contribution in [3.63, 3.8) is 0 Å². The van der Waals surface area contributed by atoms with E-state index in [-0.39, 0.29) is 5.91 Å². The first kappa shape index (κ1) is 13.7. The van der Waals surface area contributed by atoms with Gasteiger partial charge in [0, 0.05) is 16.9 Å². The van der Waals surface area contributed by atoms with Crippen LogP contribution in [0.1, 0.15) is 24.8 Å². The van der Waals surface area contributed by atoms with Gasteiger partial charge in [0.1, 0.15) is 0 Å². The van der Waals surface area contributed by atoms with Gasteiger partial charge in [-0.15, -0.1) is 11.6 Å². The summed E-state index contributed by atoms with van der Waals surface area (Å²) in [4.78, 5) is 11.8. The molecule has 0 radical (unpaired) electrons. The molecule has 1 amide bonds. The van der Waals surface area contributed by atoms with Crippen LogP contribution in [0.2, 0.25) is 5.02 Å². The standard InChI is InChI=1S/C14H17Cl2NO/c15-12-3-1-2-10(6-12)8-14(18)17-9-11-4-5-13(16)7-11/h1-3,6,11,13H,4-5,7-9H2,(H,17,18). The van der Waals surface area contributed by atoms with Gasteiger partial charge in [-0.2, -0.15) is 0 Å². The Kier molecular flexibility index (Phi) is 4.90. The van der Waals surface area contributed by atoms with Gasteiger partial charge in [-0.25, -0.2) is 0 Å². The quantitative estimate of drug-likeness (QED) is 0.844. The number of carbonyl (C=O) groups excluding carboxylic acids is 1. The average Bonchev–Trinajstić information content (AvgIpc) is 2.73. The maximum atomic E-state index is 11.8. The number of hydrogen-bond donors (Lipinski definition) is 1. The van der Waals surface area contributed by atoms with Crippen molar-refractivity contribution in [1.29, 1.82) is 0 Å². The minimum absolute atomic E-state index is 0.0512. The van der Waals surface area contributed by atoms with Gasteiger partial charge >= 0.3 is 0 Å². The highest BCUT2D eigenvalue weighted by atomic mass is 35.5. The summed E-state index contributed by atoms with van der Waals surface area (Å²) in [5.41, 5.74) is 0.946. The normalized spacial score (nSPS) is 23.0. The van der Waals surface area contributed by atoms with Crippen molar-refractivity contribution in [3.05, 3.63) is 34.9 Å². The number of carbonyl (C=O) groups is 1. The number of benzene rings is 1. The van der Waals surface area contributed by atoms with Gasteiger partial charge in [-0.1, -0.05) is 23.7 Å². The summed E-state index contributed by atoms with van der Waals surface area (Å²) in [5, 5.41) is 3.93. The van der Waals surface area contributed by atoms with Gasteiger partial charge in [0.25, 0.3) is 0 Å². The van der Waals surface area contributed by atoms with Crippen LogP contribution in [-0.2, 0) is 11.2 Å². The van der Waals surface area contributed by atoms with Crippen LogP contribution in [0.15, 0.2) is 24.3 Å². The molecule has 98 valence electrons. The molecule has 1 aliphatic carbocycles. The molecular weight excluding hydrogens is 269 g/mol. The Balaban J connectivity index is 1.75. The second-order valence-corrected chi connectivity index (χ2v) is 5.94. The van der Waals surface area contributed by atoms with Crippen molar-refractivity contribution in [3.8, 4) is 0 Å². The number of halogens is 2. The lowest BCUT2D eigenvalue weighted by molar-refractivity contribution is -0.120. The molecule has 0 saturated heterocycles. The van der Waals surface area contributed by atoms with Gasteiger partial charge in [-0.05, 0) is 42.9 Å². The zero-order chi connectivity index (χ0) is 13.0. The Bertz CT molecular complexity index is 422. The lowest BCUT2D eigenvalue weighted by Gasteiger charge is -2.10. The molecule has 1 saturated carbocycles. The van der Waals surface area contributed by atoms with Crippen LogP contribution in [0.25, 0.3) is 0 Å². The van der Waals surface area contributed by atoms with Gasteiger partial charge in [0.2, 0.25) is 5.91 Å². The highest BCUT2D eigenvalue weighted by Crippen LogP contribution is 2.28. The third kappa shape index (κ3) is 4.18. The lowest BCUT2D eigenvalue weighted by Crippen LogP contribution is -2.29. The topological polar surface area (TPSA) is 29.1 Å². The van der Waals surface area contributed by atoms with E-state index in [2.05, 4.69) is 5.32 Å². The van der Waals surface area contributed by atoms with E-state index in [4.69, 9.17) is 23.2 Å². The number of amides is 1. The minimum Gasteiger partial charge on any atom is -0.356 e. The van der Waals surface area contributed by atoms with E-state index in [9.17, 15) is 4.79 Å². The van der Waals surface area contributed by atoms with E-state index in [1.807, 2.05) is 24.3 Å². The predicted octanol–water partition coefficient (Wildman–Crippen LogP) is 3.41. The Morgan fingerprint density at radius 3 is 2.89 bits per heavy atom. The van der Waals surface area contributed by atoms with E-state index in [1.54, 1.807) is 0 Å². The summed E-state index contributed by atoms with van der Waals surface area (Å²) in [5.74, 6) is 0.589. The average molecular weight is 286 g/mol. The van der Waals surface area contributed by atoms with Crippen LogP contribution in [-0.4, -0.2) is 17.8 Å². The van der Waals surface area contributed by atoms with Crippen LogP contribution in [0.4, 0.5) is 0 Å². The first-order valence-electron chi connectivity index (χ1n) is 6.28. The number of alkyl halides is 1. The van der Waals surface area contributed by atoms with E-state index in [0.29, 0.717) is 22.7 Å². The first-order valence-corrected chi connectivity index (χ1v) is 7.10. The Morgan fingerprint density at radius 1 is 1.39 bits per heavy atom. The molecule has 1 N–H and O–H groups in total. The molecule has 0 heterocycles. The third-order valence-corrected chi connectivity index (χ3v) is 3.95. The molecule has 2 nitrogen and oxygen atoms in total. The largest absolute Gasteiger partial charge is 0.356 e. The summed E-state index contributed by atoms with van der Waals surface area (Å²) in [6, 6.07) is 7.41. The lowest BCUT2D eigenvalue weighted by atomic mass is 10.1. The molecule has 2 rings (SSSR count). The smallest absolute Gasteiger partial charge is 0.224 e. The number of rotatable bonds is 4. The molecule has 0 bridgehead atoms. The van der Waals surface area contributed by atoms with E-state index < -0.39 is 0 Å². The molecule has 0 spiro atoms. The fourth-order valence-electron chi connectivity index (χ4n) is 2.35. The molecule has 18 heavy (non-hydrogen) atoms. The highest BCUT2D eigenvalue weighted by molar-refractivity contribution is 6.30. The molecule has 1 aromatic rings. The Morgan fingerprint density at radius 2 is 2.22 bits per heavy atom. The summed E-state index contributed by atoms with van der Waals surface area (Å²) in [6.45, 7) is 0.739. The Hall–Kier alpha value is -0.730. The van der Waals surface area contributed by atoms with Crippen molar-refractivity contribution >= 4 is 29.1 Å². The molecule has 2 unspecified atom stereocenters. The van der Waals surface area contributed by atoms with Crippen molar-refractivity contribution < 1.29 is 4.79 Å². The minimum atomic E-state index is 0.0512. The highest BCUT2D eigenvalue weighted by Gasteiger charge is 2.22. The van der Waals surface area contributed by atoms with Gasteiger partial charge in [0.15, 0.2) is 0 Å². The van der Waals surface area contributed by atoms with Crippen LogP contribution >= 0.6 is 23.2 Å². The number of hydrogen-bond acceptors (Lipinski definition) is 1. The van der Waals surface area contributed by atoms with Crippen molar-refractivity contribution in [1.82, 2.24) is 5.32 Å². The second-order valence-electron chi connectivity index (χ2n) is 4.89. The predicted molar refractivity (Wildman–Crippen MR) is 75.1 cm³/mol. The molecule has 1 aliphatic rings. The summed E-state index contributed by atoms with van der Waals surface area (Å²) in [7, 11) is 0. The van der Waals surface area contributed by atoms with Crippen LogP contribution in [0.3, 0.4) is 0 Å². The van der Waals surface area contributed by atoms with Crippen molar-refractivity contribution in [2.45, 2.75) is 31.1 Å². The maximum absolute atomic E-state index is 11.8. The van der Waals surface area contributed by atoms with Crippen molar-refractivity contribution in [2.75, 3.05) is 6.54 Å². The summed E-state index contributed by atoms with van der Waals surface area (Å²) >= 11 is 11.9. The van der Waals surface area contributed by atoms with Gasteiger partial charge in [0.05, 0.1) is 6.42 Å². The summed E-state index contributed by atoms with van der Waals surface area (Å²) in [6.07, 6.45) is 3.58.